The van der Waals surface area contributed by atoms with Crippen LogP contribution in [-0.2, 0) is 14.3 Å². The van der Waals surface area contributed by atoms with Gasteiger partial charge < -0.3 is 14.2 Å². The smallest absolute Gasteiger partial charge is 0.294 e. The van der Waals surface area contributed by atoms with Crippen molar-refractivity contribution in [3.8, 4) is 5.69 Å². The van der Waals surface area contributed by atoms with Crippen LogP contribution in [-0.4, -0.2) is 64.3 Å². The zero-order valence-corrected chi connectivity index (χ0v) is 16.2. The van der Waals surface area contributed by atoms with Gasteiger partial charge in [-0.15, -0.1) is 0 Å². The van der Waals surface area contributed by atoms with Crippen molar-refractivity contribution in [3.63, 3.8) is 0 Å². The number of hydrogen-bond acceptors (Lipinski definition) is 5. The van der Waals surface area contributed by atoms with E-state index in [1.807, 2.05) is 0 Å². The number of carbonyl (C=O) groups excluding carboxylic acids is 3. The molecule has 0 saturated carbocycles. The van der Waals surface area contributed by atoms with Crippen LogP contribution < -0.4 is 0 Å². The van der Waals surface area contributed by atoms with E-state index in [9.17, 15) is 18.8 Å². The van der Waals surface area contributed by atoms with Gasteiger partial charge in [-0.2, -0.15) is 0 Å². The number of morpholine rings is 1. The lowest BCUT2D eigenvalue weighted by Crippen LogP contribution is -2.46. The van der Waals surface area contributed by atoms with E-state index in [-0.39, 0.29) is 23.2 Å². The molecule has 2 aliphatic rings. The molecule has 3 amide bonds. The average Bonchev–Trinajstić information content (AvgIpc) is 3.29. The first-order chi connectivity index (χ1) is 14.0. The summed E-state index contributed by atoms with van der Waals surface area (Å²) < 4.78 is 20.2. The topological polar surface area (TPSA) is 71.9 Å². The van der Waals surface area contributed by atoms with Gasteiger partial charge in [-0.05, 0) is 54.2 Å². The van der Waals surface area contributed by atoms with Crippen LogP contribution in [0.2, 0.25) is 0 Å². The Morgan fingerprint density at radius 1 is 1.14 bits per heavy atom. The Morgan fingerprint density at radius 3 is 2.59 bits per heavy atom. The second-order valence-corrected chi connectivity index (χ2v) is 7.53. The Balaban J connectivity index is 1.52. The number of thioether (sulfide) groups is 1. The minimum absolute atomic E-state index is 0.242. The van der Waals surface area contributed by atoms with Gasteiger partial charge >= 0.3 is 0 Å². The molecule has 9 heteroatoms. The van der Waals surface area contributed by atoms with Gasteiger partial charge in [0.1, 0.15) is 12.4 Å². The number of benzene rings is 1. The zero-order valence-electron chi connectivity index (χ0n) is 15.4. The molecule has 4 rings (SSSR count). The van der Waals surface area contributed by atoms with Gasteiger partial charge in [-0.1, -0.05) is 0 Å². The molecule has 3 heterocycles. The van der Waals surface area contributed by atoms with Crippen molar-refractivity contribution in [1.82, 2.24) is 14.4 Å². The predicted octanol–water partition coefficient (Wildman–Crippen LogP) is 2.51. The van der Waals surface area contributed by atoms with Gasteiger partial charge in [0.15, 0.2) is 0 Å². The molecule has 0 unspecified atom stereocenters. The van der Waals surface area contributed by atoms with Crippen LogP contribution in [0, 0.1) is 5.82 Å². The molecule has 29 heavy (non-hydrogen) atoms. The number of ether oxygens (including phenoxy) is 1. The highest BCUT2D eigenvalue weighted by Gasteiger charge is 2.37. The van der Waals surface area contributed by atoms with Crippen LogP contribution in [0.15, 0.2) is 47.5 Å². The Kier molecular flexibility index (Phi) is 5.50. The van der Waals surface area contributed by atoms with E-state index in [2.05, 4.69) is 0 Å². The molecule has 1 aromatic heterocycles. The van der Waals surface area contributed by atoms with Crippen LogP contribution in [0.5, 0.6) is 0 Å². The SMILES string of the molecule is O=C(CN1C(=O)S/C(=C/c2cccn2-c2ccc(F)cc2)C1=O)N1CCOCC1. The molecule has 0 atom stereocenters. The Labute approximate surface area is 170 Å². The summed E-state index contributed by atoms with van der Waals surface area (Å²) in [5, 5.41) is -0.470. The number of hydrogen-bond donors (Lipinski definition) is 0. The van der Waals surface area contributed by atoms with Gasteiger partial charge in [-0.25, -0.2) is 4.39 Å². The second-order valence-electron chi connectivity index (χ2n) is 6.54. The van der Waals surface area contributed by atoms with E-state index in [1.165, 1.54) is 12.1 Å². The zero-order chi connectivity index (χ0) is 20.4. The van der Waals surface area contributed by atoms with Gasteiger partial charge in [0.05, 0.1) is 18.1 Å². The van der Waals surface area contributed by atoms with Crippen LogP contribution in [0.4, 0.5) is 9.18 Å². The van der Waals surface area contributed by atoms with E-state index in [0.717, 1.165) is 22.3 Å². The van der Waals surface area contributed by atoms with Crippen LogP contribution in [0.3, 0.4) is 0 Å². The molecule has 0 N–H and O–H groups in total. The summed E-state index contributed by atoms with van der Waals surface area (Å²) in [6, 6.07) is 9.53. The lowest BCUT2D eigenvalue weighted by atomic mass is 10.3. The first-order valence-electron chi connectivity index (χ1n) is 9.07. The number of aromatic nitrogens is 1. The summed E-state index contributed by atoms with van der Waals surface area (Å²) in [5.74, 6) is -1.10. The fourth-order valence-electron chi connectivity index (χ4n) is 3.17. The summed E-state index contributed by atoms with van der Waals surface area (Å²) in [5.41, 5.74) is 1.39. The lowest BCUT2D eigenvalue weighted by molar-refractivity contribution is -0.139. The fraction of sp³-hybridized carbons (Fsp3) is 0.250. The van der Waals surface area contributed by atoms with Crippen molar-refractivity contribution in [1.29, 1.82) is 0 Å². The largest absolute Gasteiger partial charge is 0.378 e. The molecule has 0 radical (unpaired) electrons. The monoisotopic (exact) mass is 415 g/mol. The van der Waals surface area contributed by atoms with Crippen molar-refractivity contribution in [2.24, 2.45) is 0 Å². The summed E-state index contributed by atoms with van der Waals surface area (Å²) in [6.45, 7) is 1.54. The molecule has 2 saturated heterocycles. The van der Waals surface area contributed by atoms with Crippen LogP contribution in [0.1, 0.15) is 5.69 Å². The highest BCUT2D eigenvalue weighted by molar-refractivity contribution is 8.18. The maximum Gasteiger partial charge on any atom is 0.294 e. The Hall–Kier alpha value is -2.91. The number of amides is 3. The summed E-state index contributed by atoms with van der Waals surface area (Å²) in [7, 11) is 0. The van der Waals surface area contributed by atoms with Crippen molar-refractivity contribution in [2.45, 2.75) is 0 Å². The maximum atomic E-state index is 13.2. The lowest BCUT2D eigenvalue weighted by Gasteiger charge is -2.28. The third-order valence-corrected chi connectivity index (χ3v) is 5.60. The van der Waals surface area contributed by atoms with E-state index < -0.39 is 11.1 Å². The normalized spacial score (nSPS) is 18.7. The molecule has 2 aliphatic heterocycles. The summed E-state index contributed by atoms with van der Waals surface area (Å²) in [4.78, 5) is 40.2. The molecule has 150 valence electrons. The summed E-state index contributed by atoms with van der Waals surface area (Å²) in [6.07, 6.45) is 3.39. The third kappa shape index (κ3) is 4.10. The van der Waals surface area contributed by atoms with Gasteiger partial charge in [0.2, 0.25) is 5.91 Å². The van der Waals surface area contributed by atoms with Gasteiger partial charge in [0.25, 0.3) is 11.1 Å². The highest BCUT2D eigenvalue weighted by atomic mass is 32.2. The molecule has 0 aliphatic carbocycles. The molecule has 2 fully saturated rings. The molecule has 0 spiro atoms. The second kappa shape index (κ2) is 8.22. The van der Waals surface area contributed by atoms with Crippen LogP contribution >= 0.6 is 11.8 Å². The number of rotatable bonds is 4. The fourth-order valence-corrected chi connectivity index (χ4v) is 3.99. The minimum Gasteiger partial charge on any atom is -0.378 e. The van der Waals surface area contributed by atoms with Gasteiger partial charge in [-0.3, -0.25) is 19.3 Å². The van der Waals surface area contributed by atoms with Crippen molar-refractivity contribution in [2.75, 3.05) is 32.8 Å². The molecule has 1 aromatic carbocycles. The first-order valence-corrected chi connectivity index (χ1v) is 9.89. The molecule has 0 bridgehead atoms. The maximum absolute atomic E-state index is 13.2. The number of carbonyl (C=O) groups is 3. The number of imide groups is 1. The minimum atomic E-state index is -0.492. The van der Waals surface area contributed by atoms with E-state index >= 15 is 0 Å². The third-order valence-electron chi connectivity index (χ3n) is 4.69. The molecular weight excluding hydrogens is 397 g/mol. The van der Waals surface area contributed by atoms with Crippen LogP contribution in [0.25, 0.3) is 11.8 Å². The highest BCUT2D eigenvalue weighted by Crippen LogP contribution is 2.32. The molecule has 7 nitrogen and oxygen atoms in total. The summed E-state index contributed by atoms with van der Waals surface area (Å²) >= 11 is 0.805. The van der Waals surface area contributed by atoms with E-state index in [1.54, 1.807) is 46.0 Å². The average molecular weight is 415 g/mol. The quantitative estimate of drug-likeness (QED) is 0.718. The molecular formula is C20H18FN3O4S. The Bertz CT molecular complexity index is 980. The number of nitrogens with zero attached hydrogens (tertiary/aromatic N) is 3. The molecule has 2 aromatic rings. The predicted molar refractivity (Wildman–Crippen MR) is 106 cm³/mol. The van der Waals surface area contributed by atoms with Crippen molar-refractivity contribution < 1.29 is 23.5 Å². The van der Waals surface area contributed by atoms with Gasteiger partial charge in [0, 0.05) is 30.7 Å². The van der Waals surface area contributed by atoms with E-state index in [0.29, 0.717) is 32.0 Å². The van der Waals surface area contributed by atoms with Crippen molar-refractivity contribution in [3.05, 3.63) is 59.0 Å². The Morgan fingerprint density at radius 2 is 1.86 bits per heavy atom. The standard InChI is InChI=1S/C20H18FN3O4S/c21-14-3-5-15(6-4-14)23-7-1-2-16(23)12-17-19(26)24(20(27)29-17)13-18(25)22-8-10-28-11-9-22/h1-7,12H,8-11,13H2/b17-12+. The number of halogens is 1. The first kappa shape index (κ1) is 19.4. The van der Waals surface area contributed by atoms with Crippen molar-refractivity contribution >= 4 is 34.9 Å². The van der Waals surface area contributed by atoms with E-state index in [4.69, 9.17) is 4.74 Å².